The second kappa shape index (κ2) is 6.52. The van der Waals surface area contributed by atoms with E-state index in [0.717, 1.165) is 22.0 Å². The molecular weight excluding hydrogens is 296 g/mol. The fourth-order valence-corrected chi connectivity index (χ4v) is 3.23. The molecule has 2 aromatic carbocycles. The van der Waals surface area contributed by atoms with Crippen molar-refractivity contribution in [3.05, 3.63) is 71.9 Å². The minimum Gasteiger partial charge on any atom is -0.361 e. The zero-order valence-electron chi connectivity index (χ0n) is 14.5. The van der Waals surface area contributed by atoms with Crippen molar-refractivity contribution in [2.45, 2.75) is 32.7 Å². The Labute approximate surface area is 143 Å². The highest BCUT2D eigenvalue weighted by molar-refractivity contribution is 5.94. The minimum atomic E-state index is -0.579. The number of H-pyrrole nitrogens is 1. The molecule has 124 valence electrons. The number of carbonyl (C=O) groups is 1. The van der Waals surface area contributed by atoms with Gasteiger partial charge >= 0.3 is 0 Å². The minimum absolute atomic E-state index is 0.151. The Morgan fingerprint density at radius 3 is 2.42 bits per heavy atom. The summed E-state index contributed by atoms with van der Waals surface area (Å²) in [7, 11) is 0. The van der Waals surface area contributed by atoms with Crippen molar-refractivity contribution in [3.63, 3.8) is 0 Å². The molecule has 3 aromatic rings. The molecule has 1 aromatic heterocycles. The van der Waals surface area contributed by atoms with Gasteiger partial charge in [-0.05, 0) is 38.0 Å². The van der Waals surface area contributed by atoms with Gasteiger partial charge in [-0.2, -0.15) is 0 Å². The third-order valence-electron chi connectivity index (χ3n) is 4.68. The number of benzene rings is 2. The lowest BCUT2D eigenvalue weighted by Crippen LogP contribution is -2.43. The van der Waals surface area contributed by atoms with Crippen LogP contribution in [0.3, 0.4) is 0 Å². The van der Waals surface area contributed by atoms with E-state index >= 15 is 0 Å². The fraction of sp³-hybridized carbons (Fsp3) is 0.286. The first-order valence-corrected chi connectivity index (χ1v) is 8.44. The number of amides is 1. The molecule has 0 aliphatic carbocycles. The van der Waals surface area contributed by atoms with E-state index in [-0.39, 0.29) is 5.91 Å². The number of nitrogens with zero attached hydrogens (tertiary/aromatic N) is 1. The second-order valence-corrected chi connectivity index (χ2v) is 6.68. The summed E-state index contributed by atoms with van der Waals surface area (Å²) >= 11 is 0. The van der Waals surface area contributed by atoms with E-state index in [1.807, 2.05) is 68.3 Å². The fourth-order valence-electron chi connectivity index (χ4n) is 3.23. The van der Waals surface area contributed by atoms with Crippen molar-refractivity contribution in [1.82, 2.24) is 9.88 Å². The number of para-hydroxylation sites is 1. The van der Waals surface area contributed by atoms with Crippen LogP contribution < -0.4 is 0 Å². The highest BCUT2D eigenvalue weighted by Crippen LogP contribution is 2.32. The highest BCUT2D eigenvalue weighted by atomic mass is 16.2. The summed E-state index contributed by atoms with van der Waals surface area (Å²) < 4.78 is 0. The summed E-state index contributed by atoms with van der Waals surface area (Å²) in [6.07, 6.45) is 1.97. The van der Waals surface area contributed by atoms with Crippen molar-refractivity contribution < 1.29 is 4.79 Å². The first-order valence-electron chi connectivity index (χ1n) is 8.44. The van der Waals surface area contributed by atoms with E-state index in [1.165, 1.54) is 0 Å². The summed E-state index contributed by atoms with van der Waals surface area (Å²) in [5, 5.41) is 1.12. The SMILES string of the molecule is CCN(Cc1ccccc1)C(=O)C(C)(C)c1c[nH]c2ccccc12. The molecule has 0 radical (unpaired) electrons. The van der Waals surface area contributed by atoms with E-state index in [4.69, 9.17) is 0 Å². The Kier molecular flexibility index (Phi) is 4.43. The van der Waals surface area contributed by atoms with Crippen LogP contribution in [0.25, 0.3) is 10.9 Å². The Morgan fingerprint density at radius 2 is 1.71 bits per heavy atom. The van der Waals surface area contributed by atoms with E-state index in [2.05, 4.69) is 23.2 Å². The predicted octanol–water partition coefficient (Wildman–Crippen LogP) is 4.49. The molecule has 24 heavy (non-hydrogen) atoms. The average molecular weight is 320 g/mol. The lowest BCUT2D eigenvalue weighted by molar-refractivity contribution is -0.136. The zero-order chi connectivity index (χ0) is 17.2. The number of nitrogens with one attached hydrogen (secondary N) is 1. The first-order chi connectivity index (χ1) is 11.5. The maximum Gasteiger partial charge on any atom is 0.233 e. The number of hydrogen-bond donors (Lipinski definition) is 1. The third kappa shape index (κ3) is 2.94. The number of aromatic nitrogens is 1. The van der Waals surface area contributed by atoms with Gasteiger partial charge in [0.15, 0.2) is 0 Å². The Morgan fingerprint density at radius 1 is 1.04 bits per heavy atom. The largest absolute Gasteiger partial charge is 0.361 e. The zero-order valence-corrected chi connectivity index (χ0v) is 14.5. The number of hydrogen-bond acceptors (Lipinski definition) is 1. The van der Waals surface area contributed by atoms with Crippen LogP contribution in [-0.4, -0.2) is 22.3 Å². The van der Waals surface area contributed by atoms with Crippen molar-refractivity contribution >= 4 is 16.8 Å². The standard InChI is InChI=1S/C21H24N2O/c1-4-23(15-16-10-6-5-7-11-16)20(24)21(2,3)18-14-22-19-13-9-8-12-17(18)19/h5-14,22H,4,15H2,1-3H3. The quantitative estimate of drug-likeness (QED) is 0.738. The van der Waals surface area contributed by atoms with Crippen molar-refractivity contribution in [1.29, 1.82) is 0 Å². The van der Waals surface area contributed by atoms with Gasteiger partial charge in [0, 0.05) is 30.2 Å². The van der Waals surface area contributed by atoms with Gasteiger partial charge in [0.25, 0.3) is 0 Å². The van der Waals surface area contributed by atoms with Gasteiger partial charge in [0.1, 0.15) is 0 Å². The molecule has 0 atom stereocenters. The molecule has 1 heterocycles. The van der Waals surface area contributed by atoms with Crippen LogP contribution in [-0.2, 0) is 16.8 Å². The van der Waals surface area contributed by atoms with Crippen LogP contribution in [0.2, 0.25) is 0 Å². The van der Waals surface area contributed by atoms with E-state index in [0.29, 0.717) is 13.1 Å². The highest BCUT2D eigenvalue weighted by Gasteiger charge is 2.35. The average Bonchev–Trinajstić information content (AvgIpc) is 3.05. The molecule has 0 saturated heterocycles. The molecule has 3 heteroatoms. The lowest BCUT2D eigenvalue weighted by atomic mass is 9.83. The second-order valence-electron chi connectivity index (χ2n) is 6.68. The van der Waals surface area contributed by atoms with Gasteiger partial charge in [-0.3, -0.25) is 4.79 Å². The van der Waals surface area contributed by atoms with E-state index in [1.54, 1.807) is 0 Å². The molecule has 0 bridgehead atoms. The number of aromatic amines is 1. The molecular formula is C21H24N2O. The van der Waals surface area contributed by atoms with Gasteiger partial charge in [0.2, 0.25) is 5.91 Å². The van der Waals surface area contributed by atoms with Crippen molar-refractivity contribution in [2.24, 2.45) is 0 Å². The third-order valence-corrected chi connectivity index (χ3v) is 4.68. The normalized spacial score (nSPS) is 11.6. The lowest BCUT2D eigenvalue weighted by Gasteiger charge is -2.31. The first kappa shape index (κ1) is 16.3. The number of rotatable bonds is 5. The molecule has 3 rings (SSSR count). The van der Waals surface area contributed by atoms with Crippen LogP contribution in [0, 0.1) is 0 Å². The summed E-state index contributed by atoms with van der Waals surface area (Å²) in [5.74, 6) is 0.151. The smallest absolute Gasteiger partial charge is 0.233 e. The topological polar surface area (TPSA) is 36.1 Å². The monoisotopic (exact) mass is 320 g/mol. The maximum absolute atomic E-state index is 13.3. The Balaban J connectivity index is 1.91. The van der Waals surface area contributed by atoms with Crippen LogP contribution in [0.1, 0.15) is 31.9 Å². The molecule has 0 unspecified atom stereocenters. The molecule has 3 nitrogen and oxygen atoms in total. The summed E-state index contributed by atoms with van der Waals surface area (Å²) in [5.41, 5.74) is 2.70. The van der Waals surface area contributed by atoms with Crippen LogP contribution in [0.15, 0.2) is 60.8 Å². The van der Waals surface area contributed by atoms with Gasteiger partial charge in [-0.15, -0.1) is 0 Å². The van der Waals surface area contributed by atoms with Crippen LogP contribution >= 0.6 is 0 Å². The van der Waals surface area contributed by atoms with Crippen molar-refractivity contribution in [3.8, 4) is 0 Å². The number of carbonyl (C=O) groups excluding carboxylic acids is 1. The van der Waals surface area contributed by atoms with E-state index < -0.39 is 5.41 Å². The van der Waals surface area contributed by atoms with Gasteiger partial charge in [-0.1, -0.05) is 48.5 Å². The molecule has 0 spiro atoms. The van der Waals surface area contributed by atoms with Gasteiger partial charge in [0.05, 0.1) is 5.41 Å². The van der Waals surface area contributed by atoms with Crippen molar-refractivity contribution in [2.75, 3.05) is 6.54 Å². The molecule has 0 aliphatic heterocycles. The Bertz CT molecular complexity index is 833. The molecule has 0 saturated carbocycles. The number of fused-ring (bicyclic) bond motifs is 1. The predicted molar refractivity (Wildman–Crippen MR) is 98.9 cm³/mol. The maximum atomic E-state index is 13.3. The van der Waals surface area contributed by atoms with E-state index in [9.17, 15) is 4.79 Å². The van der Waals surface area contributed by atoms with Gasteiger partial charge < -0.3 is 9.88 Å². The van der Waals surface area contributed by atoms with Gasteiger partial charge in [-0.25, -0.2) is 0 Å². The molecule has 1 amide bonds. The summed E-state index contributed by atoms with van der Waals surface area (Å²) in [6, 6.07) is 18.3. The summed E-state index contributed by atoms with van der Waals surface area (Å²) in [6.45, 7) is 7.39. The molecule has 0 fully saturated rings. The van der Waals surface area contributed by atoms with Crippen LogP contribution in [0.5, 0.6) is 0 Å². The van der Waals surface area contributed by atoms with Crippen LogP contribution in [0.4, 0.5) is 0 Å². The number of likely N-dealkylation sites (N-methyl/N-ethyl adjacent to an activating group) is 1. The Hall–Kier alpha value is -2.55. The molecule has 0 aliphatic rings. The summed E-state index contributed by atoms with van der Waals surface area (Å²) in [4.78, 5) is 18.5. The molecule has 1 N–H and O–H groups in total.